The Morgan fingerprint density at radius 3 is 2.47 bits per heavy atom. The Hall–Kier alpha value is -2.61. The molecule has 32 heavy (non-hydrogen) atoms. The van der Waals surface area contributed by atoms with Gasteiger partial charge in [0, 0.05) is 17.7 Å². The van der Waals surface area contributed by atoms with Gasteiger partial charge in [0.15, 0.2) is 16.8 Å². The number of amides is 1. The molecule has 2 aromatic heterocycles. The van der Waals surface area contributed by atoms with Crippen LogP contribution in [0, 0.1) is 6.92 Å². The molecule has 0 spiro atoms. The number of aromatic nitrogens is 4. The van der Waals surface area contributed by atoms with E-state index in [1.165, 1.54) is 30.2 Å². The predicted molar refractivity (Wildman–Crippen MR) is 127 cm³/mol. The summed E-state index contributed by atoms with van der Waals surface area (Å²) in [5.41, 5.74) is 2.44. The number of aryl methyl sites for hydroxylation is 1. The fourth-order valence-electron chi connectivity index (χ4n) is 4.03. The maximum atomic E-state index is 12.7. The maximum Gasteiger partial charge on any atom is 0.238 e. The van der Waals surface area contributed by atoms with Gasteiger partial charge >= 0.3 is 0 Å². The summed E-state index contributed by atoms with van der Waals surface area (Å²) in [4.78, 5) is 12.7. The van der Waals surface area contributed by atoms with Gasteiger partial charge in [0.1, 0.15) is 5.76 Å². The average molecular weight is 454 g/mol. The van der Waals surface area contributed by atoms with Gasteiger partial charge in [-0.2, -0.15) is 0 Å². The summed E-state index contributed by atoms with van der Waals surface area (Å²) in [6.07, 6.45) is 4.63. The first kappa shape index (κ1) is 22.6. The molecule has 0 bridgehead atoms. The largest absolute Gasteiger partial charge is 0.360 e. The van der Waals surface area contributed by atoms with E-state index >= 15 is 0 Å². The molecule has 170 valence electrons. The molecule has 1 amide bonds. The van der Waals surface area contributed by atoms with Gasteiger partial charge in [-0.05, 0) is 37.7 Å². The second-order valence-corrected chi connectivity index (χ2v) is 10.8. The third-order valence-corrected chi connectivity index (χ3v) is 6.95. The Labute approximate surface area is 193 Å². The molecule has 1 fully saturated rings. The summed E-state index contributed by atoms with van der Waals surface area (Å²) in [6, 6.07) is 10.7. The van der Waals surface area contributed by atoms with Crippen molar-refractivity contribution in [1.82, 2.24) is 19.9 Å². The first-order valence-corrected chi connectivity index (χ1v) is 12.1. The first-order chi connectivity index (χ1) is 15.2. The molecule has 1 saturated carbocycles. The van der Waals surface area contributed by atoms with Crippen LogP contribution in [-0.2, 0) is 10.2 Å². The molecule has 1 aliphatic rings. The Bertz CT molecular complexity index is 1070. The van der Waals surface area contributed by atoms with E-state index in [4.69, 9.17) is 4.52 Å². The Kier molecular flexibility index (Phi) is 6.42. The van der Waals surface area contributed by atoms with Gasteiger partial charge in [0.05, 0.1) is 5.25 Å². The van der Waals surface area contributed by atoms with Crippen molar-refractivity contribution >= 4 is 23.5 Å². The molecule has 3 aromatic rings. The summed E-state index contributed by atoms with van der Waals surface area (Å²) in [7, 11) is 0. The average Bonchev–Trinajstić information content (AvgIpc) is 3.48. The second-order valence-electron chi connectivity index (χ2n) is 9.51. The molecule has 1 N–H and O–H groups in total. The molecule has 0 saturated heterocycles. The van der Waals surface area contributed by atoms with Crippen molar-refractivity contribution < 1.29 is 9.32 Å². The quantitative estimate of drug-likeness (QED) is 0.477. The Balaban J connectivity index is 1.58. The fourth-order valence-corrected chi connectivity index (χ4v) is 4.95. The van der Waals surface area contributed by atoms with Crippen LogP contribution in [-0.4, -0.2) is 31.1 Å². The standard InChI is InChI=1S/C24H31N5O2S/c1-15-14-20(28-31-15)25-22(30)16(2)32-23-27-26-21(29(23)19-8-6-7-9-19)17-10-12-18(13-11-17)24(3,4)5/h10-14,16,19H,6-9H2,1-5H3,(H,25,28,30). The highest BCUT2D eigenvalue weighted by Gasteiger charge is 2.27. The molecule has 4 rings (SSSR count). The van der Waals surface area contributed by atoms with Crippen LogP contribution >= 0.6 is 11.8 Å². The third-order valence-electron chi connectivity index (χ3n) is 5.89. The minimum Gasteiger partial charge on any atom is -0.360 e. The summed E-state index contributed by atoms with van der Waals surface area (Å²) in [5, 5.41) is 16.1. The maximum absolute atomic E-state index is 12.7. The highest BCUT2D eigenvalue weighted by atomic mass is 32.2. The smallest absolute Gasteiger partial charge is 0.238 e. The van der Waals surface area contributed by atoms with Gasteiger partial charge in [0.2, 0.25) is 5.91 Å². The van der Waals surface area contributed by atoms with Crippen LogP contribution in [0.3, 0.4) is 0 Å². The molecule has 8 heteroatoms. The minimum absolute atomic E-state index is 0.101. The van der Waals surface area contributed by atoms with E-state index in [1.54, 1.807) is 13.0 Å². The van der Waals surface area contributed by atoms with Gasteiger partial charge in [-0.3, -0.25) is 9.36 Å². The monoisotopic (exact) mass is 453 g/mol. The second kappa shape index (κ2) is 9.10. The molecule has 1 aliphatic carbocycles. The SMILES string of the molecule is Cc1cc(NC(=O)C(C)Sc2nnc(-c3ccc(C(C)(C)C)cc3)n2C2CCCC2)no1. The van der Waals surface area contributed by atoms with Crippen LogP contribution < -0.4 is 5.32 Å². The van der Waals surface area contributed by atoms with Gasteiger partial charge in [-0.25, -0.2) is 0 Å². The fraction of sp³-hybridized carbons (Fsp3) is 0.500. The third kappa shape index (κ3) is 4.90. The van der Waals surface area contributed by atoms with Crippen molar-refractivity contribution in [3.05, 3.63) is 41.7 Å². The van der Waals surface area contributed by atoms with Crippen LogP contribution in [0.15, 0.2) is 40.0 Å². The van der Waals surface area contributed by atoms with E-state index in [1.807, 2.05) is 6.92 Å². The first-order valence-electron chi connectivity index (χ1n) is 11.2. The van der Waals surface area contributed by atoms with E-state index in [0.717, 1.165) is 29.4 Å². The Morgan fingerprint density at radius 2 is 1.88 bits per heavy atom. The molecule has 1 aromatic carbocycles. The lowest BCUT2D eigenvalue weighted by Gasteiger charge is -2.20. The number of anilines is 1. The number of benzene rings is 1. The van der Waals surface area contributed by atoms with Crippen molar-refractivity contribution in [2.45, 2.75) is 82.2 Å². The summed E-state index contributed by atoms with van der Waals surface area (Å²) < 4.78 is 7.28. The lowest BCUT2D eigenvalue weighted by molar-refractivity contribution is -0.115. The number of nitrogens with zero attached hydrogens (tertiary/aromatic N) is 4. The number of carbonyl (C=O) groups excluding carboxylic acids is 1. The zero-order chi connectivity index (χ0) is 22.9. The highest BCUT2D eigenvalue weighted by Crippen LogP contribution is 2.38. The van der Waals surface area contributed by atoms with Gasteiger partial charge in [-0.1, -0.05) is 74.8 Å². The van der Waals surface area contributed by atoms with Crippen LogP contribution in [0.2, 0.25) is 0 Å². The number of thioether (sulfide) groups is 1. The molecular weight excluding hydrogens is 422 g/mol. The molecule has 0 aliphatic heterocycles. The molecular formula is C24H31N5O2S. The van der Waals surface area contributed by atoms with Crippen LogP contribution in [0.1, 0.15) is 70.7 Å². The summed E-state index contributed by atoms with van der Waals surface area (Å²) in [6.45, 7) is 10.3. The number of carbonyl (C=O) groups is 1. The molecule has 2 heterocycles. The van der Waals surface area contributed by atoms with Crippen LogP contribution in [0.5, 0.6) is 0 Å². The van der Waals surface area contributed by atoms with Crippen molar-refractivity contribution in [2.75, 3.05) is 5.32 Å². The van der Waals surface area contributed by atoms with E-state index < -0.39 is 0 Å². The number of hydrogen-bond donors (Lipinski definition) is 1. The van der Waals surface area contributed by atoms with Crippen molar-refractivity contribution in [1.29, 1.82) is 0 Å². The van der Waals surface area contributed by atoms with Crippen molar-refractivity contribution in [3.8, 4) is 11.4 Å². The number of rotatable bonds is 6. The van der Waals surface area contributed by atoms with E-state index in [0.29, 0.717) is 17.6 Å². The van der Waals surface area contributed by atoms with Crippen molar-refractivity contribution in [2.24, 2.45) is 0 Å². The van der Waals surface area contributed by atoms with Crippen molar-refractivity contribution in [3.63, 3.8) is 0 Å². The van der Waals surface area contributed by atoms with Gasteiger partial charge < -0.3 is 9.84 Å². The molecule has 1 atom stereocenters. The number of hydrogen-bond acceptors (Lipinski definition) is 6. The lowest BCUT2D eigenvalue weighted by Crippen LogP contribution is -2.23. The summed E-state index contributed by atoms with van der Waals surface area (Å²) >= 11 is 1.43. The van der Waals surface area contributed by atoms with E-state index in [2.05, 4.69) is 70.3 Å². The summed E-state index contributed by atoms with van der Waals surface area (Å²) in [5.74, 6) is 1.82. The zero-order valence-corrected chi connectivity index (χ0v) is 20.2. The topological polar surface area (TPSA) is 85.8 Å². The van der Waals surface area contributed by atoms with Crippen LogP contribution in [0.25, 0.3) is 11.4 Å². The molecule has 1 unspecified atom stereocenters. The highest BCUT2D eigenvalue weighted by molar-refractivity contribution is 8.00. The zero-order valence-electron chi connectivity index (χ0n) is 19.4. The lowest BCUT2D eigenvalue weighted by atomic mass is 9.86. The van der Waals surface area contributed by atoms with Crippen LogP contribution in [0.4, 0.5) is 5.82 Å². The van der Waals surface area contributed by atoms with E-state index in [-0.39, 0.29) is 16.6 Å². The predicted octanol–water partition coefficient (Wildman–Crippen LogP) is 5.77. The van der Waals surface area contributed by atoms with E-state index in [9.17, 15) is 4.79 Å². The molecule has 0 radical (unpaired) electrons. The Morgan fingerprint density at radius 1 is 1.19 bits per heavy atom. The van der Waals surface area contributed by atoms with Gasteiger partial charge in [-0.15, -0.1) is 10.2 Å². The van der Waals surface area contributed by atoms with Gasteiger partial charge in [0.25, 0.3) is 0 Å². The minimum atomic E-state index is -0.354. The number of nitrogens with one attached hydrogen (secondary N) is 1. The molecule has 7 nitrogen and oxygen atoms in total. The normalized spacial score (nSPS) is 15.8.